The number of hydrogen-bond acceptors (Lipinski definition) is 5. The summed E-state index contributed by atoms with van der Waals surface area (Å²) in [5.74, 6) is 0.459. The summed E-state index contributed by atoms with van der Waals surface area (Å²) >= 11 is 1.25. The van der Waals surface area contributed by atoms with Gasteiger partial charge in [-0.1, -0.05) is 36.0 Å². The van der Waals surface area contributed by atoms with Crippen molar-refractivity contribution in [3.05, 3.63) is 58.9 Å². The van der Waals surface area contributed by atoms with Gasteiger partial charge in [0.15, 0.2) is 5.16 Å². The molecule has 0 aliphatic carbocycles. The molecule has 3 rings (SSSR count). The maximum Gasteiger partial charge on any atom is 0.266 e. The fourth-order valence-electron chi connectivity index (χ4n) is 2.75. The molecule has 7 heteroatoms. The van der Waals surface area contributed by atoms with Crippen LogP contribution in [0.3, 0.4) is 0 Å². The number of methoxy groups -OCH3 is 1. The number of ether oxygens (including phenoxy) is 1. The fourth-order valence-corrected chi connectivity index (χ4v) is 3.69. The van der Waals surface area contributed by atoms with Crippen LogP contribution in [0.4, 0.5) is 0 Å². The van der Waals surface area contributed by atoms with E-state index in [0.29, 0.717) is 34.0 Å². The lowest BCUT2D eigenvalue weighted by Crippen LogP contribution is -2.31. The monoisotopic (exact) mass is 383 g/mol. The SMILES string of the molecule is CCNC(=O)[C@H](C)Sc1nc2ccccc2c(=O)n1-c1ccccc1OC. The van der Waals surface area contributed by atoms with E-state index < -0.39 is 5.25 Å². The summed E-state index contributed by atoms with van der Waals surface area (Å²) in [6.45, 7) is 4.21. The molecule has 0 bridgehead atoms. The van der Waals surface area contributed by atoms with Gasteiger partial charge in [0.25, 0.3) is 5.56 Å². The largest absolute Gasteiger partial charge is 0.495 e. The molecule has 1 amide bonds. The second kappa shape index (κ2) is 8.26. The molecule has 1 aromatic heterocycles. The van der Waals surface area contributed by atoms with E-state index in [9.17, 15) is 9.59 Å². The van der Waals surface area contributed by atoms with Crippen LogP contribution in [0.5, 0.6) is 5.75 Å². The number of carbonyl (C=O) groups is 1. The summed E-state index contributed by atoms with van der Waals surface area (Å²) in [7, 11) is 1.56. The molecule has 0 aliphatic heterocycles. The van der Waals surface area contributed by atoms with Gasteiger partial charge >= 0.3 is 0 Å². The molecule has 0 saturated carbocycles. The van der Waals surface area contributed by atoms with Crippen molar-refractivity contribution in [1.29, 1.82) is 0 Å². The Labute approximate surface area is 161 Å². The number of fused-ring (bicyclic) bond motifs is 1. The summed E-state index contributed by atoms with van der Waals surface area (Å²) < 4.78 is 6.95. The van der Waals surface area contributed by atoms with E-state index in [1.54, 1.807) is 38.3 Å². The minimum absolute atomic E-state index is 0.100. The predicted octanol–water partition coefficient (Wildman–Crippen LogP) is 3.01. The van der Waals surface area contributed by atoms with Crippen LogP contribution in [0.25, 0.3) is 16.6 Å². The Bertz CT molecular complexity index is 1030. The van der Waals surface area contributed by atoms with Crippen LogP contribution in [-0.2, 0) is 4.79 Å². The van der Waals surface area contributed by atoms with E-state index in [1.165, 1.54) is 16.3 Å². The standard InChI is InChI=1S/C20H21N3O3S/c1-4-21-18(24)13(2)27-20-22-15-10-6-5-9-14(15)19(25)23(20)16-11-7-8-12-17(16)26-3/h5-13H,4H2,1-3H3,(H,21,24)/t13-/m0/s1. The van der Waals surface area contributed by atoms with E-state index in [2.05, 4.69) is 10.3 Å². The zero-order chi connectivity index (χ0) is 19.4. The first-order valence-corrected chi connectivity index (χ1v) is 9.54. The molecule has 0 saturated heterocycles. The number of amides is 1. The molecule has 6 nitrogen and oxygen atoms in total. The number of aromatic nitrogens is 2. The second-order valence-electron chi connectivity index (χ2n) is 5.88. The third-order valence-corrected chi connectivity index (χ3v) is 5.13. The van der Waals surface area contributed by atoms with Gasteiger partial charge < -0.3 is 10.1 Å². The van der Waals surface area contributed by atoms with Gasteiger partial charge in [-0.05, 0) is 38.1 Å². The van der Waals surface area contributed by atoms with Crippen molar-refractivity contribution in [2.45, 2.75) is 24.3 Å². The molecule has 140 valence electrons. The number of rotatable bonds is 6. The fraction of sp³-hybridized carbons (Fsp3) is 0.250. The first-order chi connectivity index (χ1) is 13.1. The van der Waals surface area contributed by atoms with Crippen molar-refractivity contribution in [3.63, 3.8) is 0 Å². The second-order valence-corrected chi connectivity index (χ2v) is 7.19. The number of carbonyl (C=O) groups excluding carboxylic acids is 1. The Morgan fingerprint density at radius 1 is 1.22 bits per heavy atom. The van der Waals surface area contributed by atoms with Crippen LogP contribution < -0.4 is 15.6 Å². The Morgan fingerprint density at radius 3 is 2.67 bits per heavy atom. The molecule has 0 spiro atoms. The van der Waals surface area contributed by atoms with E-state index in [0.717, 1.165) is 0 Å². The van der Waals surface area contributed by atoms with Gasteiger partial charge in [-0.15, -0.1) is 0 Å². The highest BCUT2D eigenvalue weighted by Crippen LogP contribution is 2.29. The molecule has 1 atom stereocenters. The van der Waals surface area contributed by atoms with Crippen molar-refractivity contribution in [3.8, 4) is 11.4 Å². The van der Waals surface area contributed by atoms with Crippen LogP contribution in [-0.4, -0.2) is 34.4 Å². The number of nitrogens with one attached hydrogen (secondary N) is 1. The number of para-hydroxylation sites is 3. The highest BCUT2D eigenvalue weighted by molar-refractivity contribution is 8.00. The molecule has 2 aromatic carbocycles. The molecule has 0 radical (unpaired) electrons. The Kier molecular flexibility index (Phi) is 5.81. The third-order valence-electron chi connectivity index (χ3n) is 4.07. The number of benzene rings is 2. The van der Waals surface area contributed by atoms with Crippen LogP contribution in [0.15, 0.2) is 58.5 Å². The summed E-state index contributed by atoms with van der Waals surface area (Å²) in [5.41, 5.74) is 0.990. The van der Waals surface area contributed by atoms with Gasteiger partial charge in [0.2, 0.25) is 5.91 Å². The summed E-state index contributed by atoms with van der Waals surface area (Å²) in [6.07, 6.45) is 0. The molecule has 0 unspecified atom stereocenters. The molecular weight excluding hydrogens is 362 g/mol. The van der Waals surface area contributed by atoms with Gasteiger partial charge in [-0.2, -0.15) is 0 Å². The predicted molar refractivity (Wildman–Crippen MR) is 108 cm³/mol. The Balaban J connectivity index is 2.22. The molecule has 0 fully saturated rings. The average Bonchev–Trinajstić information content (AvgIpc) is 2.68. The molecule has 3 aromatic rings. The minimum Gasteiger partial charge on any atom is -0.495 e. The highest BCUT2D eigenvalue weighted by atomic mass is 32.2. The number of thioether (sulfide) groups is 1. The minimum atomic E-state index is -0.404. The number of hydrogen-bond donors (Lipinski definition) is 1. The molecular formula is C20H21N3O3S. The summed E-state index contributed by atoms with van der Waals surface area (Å²) in [4.78, 5) is 30.1. The van der Waals surface area contributed by atoms with Crippen LogP contribution >= 0.6 is 11.8 Å². The maximum absolute atomic E-state index is 13.2. The first kappa shape index (κ1) is 19.0. The molecule has 27 heavy (non-hydrogen) atoms. The van der Waals surface area contributed by atoms with Gasteiger partial charge in [-0.3, -0.25) is 14.2 Å². The van der Waals surface area contributed by atoms with Crippen molar-refractivity contribution in [2.24, 2.45) is 0 Å². The topological polar surface area (TPSA) is 73.2 Å². The van der Waals surface area contributed by atoms with Gasteiger partial charge in [-0.25, -0.2) is 4.98 Å². The molecule has 1 heterocycles. The lowest BCUT2D eigenvalue weighted by molar-refractivity contribution is -0.120. The zero-order valence-corrected chi connectivity index (χ0v) is 16.2. The third kappa shape index (κ3) is 3.83. The van der Waals surface area contributed by atoms with Crippen LogP contribution in [0.1, 0.15) is 13.8 Å². The first-order valence-electron chi connectivity index (χ1n) is 8.66. The quantitative estimate of drug-likeness (QED) is 0.523. The lowest BCUT2D eigenvalue weighted by Gasteiger charge is -2.17. The van der Waals surface area contributed by atoms with Crippen LogP contribution in [0, 0.1) is 0 Å². The van der Waals surface area contributed by atoms with E-state index in [1.807, 2.05) is 31.2 Å². The lowest BCUT2D eigenvalue weighted by atomic mass is 10.2. The van der Waals surface area contributed by atoms with Crippen molar-refractivity contribution in [2.75, 3.05) is 13.7 Å². The van der Waals surface area contributed by atoms with Crippen molar-refractivity contribution >= 4 is 28.6 Å². The Hall–Kier alpha value is -2.80. The van der Waals surface area contributed by atoms with E-state index in [-0.39, 0.29) is 11.5 Å². The smallest absolute Gasteiger partial charge is 0.266 e. The van der Waals surface area contributed by atoms with Crippen molar-refractivity contribution in [1.82, 2.24) is 14.9 Å². The van der Waals surface area contributed by atoms with Crippen molar-refractivity contribution < 1.29 is 9.53 Å². The maximum atomic E-state index is 13.2. The normalized spacial score (nSPS) is 12.0. The average molecular weight is 383 g/mol. The number of nitrogens with zero attached hydrogens (tertiary/aromatic N) is 2. The zero-order valence-electron chi connectivity index (χ0n) is 15.4. The van der Waals surface area contributed by atoms with Crippen LogP contribution in [0.2, 0.25) is 0 Å². The van der Waals surface area contributed by atoms with Gasteiger partial charge in [0.05, 0.1) is 29.0 Å². The summed E-state index contributed by atoms with van der Waals surface area (Å²) in [6, 6.07) is 14.5. The van der Waals surface area contributed by atoms with Gasteiger partial charge in [0, 0.05) is 6.54 Å². The van der Waals surface area contributed by atoms with Gasteiger partial charge in [0.1, 0.15) is 5.75 Å². The summed E-state index contributed by atoms with van der Waals surface area (Å²) in [5, 5.41) is 3.35. The molecule has 0 aliphatic rings. The molecule has 1 N–H and O–H groups in total. The highest BCUT2D eigenvalue weighted by Gasteiger charge is 2.21. The van der Waals surface area contributed by atoms with E-state index >= 15 is 0 Å². The van der Waals surface area contributed by atoms with E-state index in [4.69, 9.17) is 4.74 Å². The Morgan fingerprint density at radius 2 is 1.93 bits per heavy atom.